The molecule has 0 aliphatic heterocycles. The highest BCUT2D eigenvalue weighted by Gasteiger charge is 2.31. The Kier molecular flexibility index (Phi) is 10.0. The van der Waals surface area contributed by atoms with Gasteiger partial charge in [-0.15, -0.1) is 0 Å². The first-order valence-corrected chi connectivity index (χ1v) is 11.6. The number of hydrogen-bond donors (Lipinski definition) is 3. The van der Waals surface area contributed by atoms with Crippen LogP contribution in [-0.4, -0.2) is 41.3 Å². The third kappa shape index (κ3) is 8.56. The van der Waals surface area contributed by atoms with Gasteiger partial charge in [-0.05, 0) is 23.6 Å². The summed E-state index contributed by atoms with van der Waals surface area (Å²) < 4.78 is 10.6. The van der Waals surface area contributed by atoms with Crippen molar-refractivity contribution in [2.75, 3.05) is 0 Å². The number of ether oxygens (including phenoxy) is 2. The standard InChI is InChI=1S/C28H30N2O6/c1-20(31)25(30-28(34)36-19-23-15-9-4-10-16-23)26(32)29-24(17-21-11-5-2-6-12-21)27(33)35-18-22-13-7-3-8-14-22/h2-16,20,24-25,31H,17-19H2,1H3,(H,29,32)(H,30,34)/t20-,24-,25-/m0/s1. The van der Waals surface area contributed by atoms with Crippen molar-refractivity contribution in [3.8, 4) is 0 Å². The highest BCUT2D eigenvalue weighted by molar-refractivity contribution is 5.90. The van der Waals surface area contributed by atoms with Gasteiger partial charge in [0.15, 0.2) is 0 Å². The van der Waals surface area contributed by atoms with Crippen molar-refractivity contribution in [1.82, 2.24) is 10.6 Å². The first-order chi connectivity index (χ1) is 17.4. The van der Waals surface area contributed by atoms with Crippen molar-refractivity contribution in [3.05, 3.63) is 108 Å². The summed E-state index contributed by atoms with van der Waals surface area (Å²) in [6.07, 6.45) is -1.94. The van der Waals surface area contributed by atoms with Crippen LogP contribution >= 0.6 is 0 Å². The lowest BCUT2D eigenvalue weighted by Crippen LogP contribution is -2.56. The molecule has 0 aliphatic carbocycles. The molecule has 8 heteroatoms. The van der Waals surface area contributed by atoms with E-state index in [0.717, 1.165) is 16.7 Å². The summed E-state index contributed by atoms with van der Waals surface area (Å²) >= 11 is 0. The van der Waals surface area contributed by atoms with Crippen LogP contribution in [0.4, 0.5) is 4.79 Å². The second kappa shape index (κ2) is 13.7. The number of nitrogens with one attached hydrogen (secondary N) is 2. The Hall–Kier alpha value is -4.17. The van der Waals surface area contributed by atoms with Gasteiger partial charge in [0.05, 0.1) is 6.10 Å². The maximum Gasteiger partial charge on any atom is 0.408 e. The molecule has 0 radical (unpaired) electrons. The number of aliphatic hydroxyl groups excluding tert-OH is 1. The molecule has 0 heterocycles. The van der Waals surface area contributed by atoms with Crippen LogP contribution in [0.2, 0.25) is 0 Å². The minimum absolute atomic E-state index is 0.00324. The van der Waals surface area contributed by atoms with E-state index < -0.39 is 36.2 Å². The van der Waals surface area contributed by atoms with Gasteiger partial charge in [0.1, 0.15) is 25.3 Å². The molecule has 0 aliphatic rings. The molecule has 188 valence electrons. The van der Waals surface area contributed by atoms with Crippen LogP contribution in [0, 0.1) is 0 Å². The summed E-state index contributed by atoms with van der Waals surface area (Å²) in [5, 5.41) is 15.2. The quantitative estimate of drug-likeness (QED) is 0.356. The Labute approximate surface area is 210 Å². The molecule has 0 saturated heterocycles. The summed E-state index contributed by atoms with van der Waals surface area (Å²) in [5.74, 6) is -1.37. The number of amides is 2. The Morgan fingerprint density at radius 3 is 1.69 bits per heavy atom. The smallest absolute Gasteiger partial charge is 0.408 e. The molecular formula is C28H30N2O6. The van der Waals surface area contributed by atoms with Crippen LogP contribution < -0.4 is 10.6 Å². The summed E-state index contributed by atoms with van der Waals surface area (Å²) in [6, 6.07) is 25.0. The van der Waals surface area contributed by atoms with E-state index in [1.165, 1.54) is 6.92 Å². The second-order valence-electron chi connectivity index (χ2n) is 8.27. The zero-order valence-corrected chi connectivity index (χ0v) is 20.0. The van der Waals surface area contributed by atoms with Gasteiger partial charge in [-0.3, -0.25) is 4.79 Å². The van der Waals surface area contributed by atoms with Crippen LogP contribution in [0.1, 0.15) is 23.6 Å². The van der Waals surface area contributed by atoms with Gasteiger partial charge in [-0.2, -0.15) is 0 Å². The third-order valence-electron chi connectivity index (χ3n) is 5.36. The Morgan fingerprint density at radius 2 is 1.19 bits per heavy atom. The molecule has 3 aromatic rings. The number of aliphatic hydroxyl groups is 1. The van der Waals surface area contributed by atoms with Crippen molar-refractivity contribution < 1.29 is 29.0 Å². The monoisotopic (exact) mass is 490 g/mol. The average Bonchev–Trinajstić information content (AvgIpc) is 2.90. The van der Waals surface area contributed by atoms with E-state index >= 15 is 0 Å². The van der Waals surface area contributed by atoms with E-state index in [-0.39, 0.29) is 19.6 Å². The van der Waals surface area contributed by atoms with Crippen molar-refractivity contribution in [3.63, 3.8) is 0 Å². The third-order valence-corrected chi connectivity index (χ3v) is 5.36. The average molecular weight is 491 g/mol. The van der Waals surface area contributed by atoms with Crippen LogP contribution in [-0.2, 0) is 38.7 Å². The number of rotatable bonds is 11. The molecule has 3 atom stereocenters. The van der Waals surface area contributed by atoms with Gasteiger partial charge in [0, 0.05) is 6.42 Å². The van der Waals surface area contributed by atoms with Crippen LogP contribution in [0.3, 0.4) is 0 Å². The van der Waals surface area contributed by atoms with Gasteiger partial charge in [-0.25, -0.2) is 9.59 Å². The Balaban J connectivity index is 1.64. The fourth-order valence-electron chi connectivity index (χ4n) is 3.43. The molecule has 2 amide bonds. The van der Waals surface area contributed by atoms with E-state index in [9.17, 15) is 19.5 Å². The number of carbonyl (C=O) groups is 3. The van der Waals surface area contributed by atoms with Gasteiger partial charge in [-0.1, -0.05) is 91.0 Å². The summed E-state index contributed by atoms with van der Waals surface area (Å²) in [6.45, 7) is 1.41. The molecule has 0 saturated carbocycles. The lowest BCUT2D eigenvalue weighted by molar-refractivity contribution is -0.149. The fraction of sp³-hybridized carbons (Fsp3) is 0.250. The predicted molar refractivity (Wildman–Crippen MR) is 134 cm³/mol. The summed E-state index contributed by atoms with van der Waals surface area (Å²) in [5.41, 5.74) is 2.39. The normalized spacial score (nSPS) is 13.1. The van der Waals surface area contributed by atoms with E-state index in [4.69, 9.17) is 9.47 Å². The highest BCUT2D eigenvalue weighted by atomic mass is 16.5. The lowest BCUT2D eigenvalue weighted by atomic mass is 10.0. The topological polar surface area (TPSA) is 114 Å². The Bertz CT molecular complexity index is 1110. The maximum atomic E-state index is 13.0. The summed E-state index contributed by atoms with van der Waals surface area (Å²) in [4.78, 5) is 38.2. The molecular weight excluding hydrogens is 460 g/mol. The van der Waals surface area contributed by atoms with Gasteiger partial charge in [0.25, 0.3) is 0 Å². The van der Waals surface area contributed by atoms with E-state index in [0.29, 0.717) is 0 Å². The van der Waals surface area contributed by atoms with Crippen molar-refractivity contribution in [2.24, 2.45) is 0 Å². The van der Waals surface area contributed by atoms with Gasteiger partial charge in [0.2, 0.25) is 5.91 Å². The van der Waals surface area contributed by atoms with Crippen LogP contribution in [0.5, 0.6) is 0 Å². The zero-order chi connectivity index (χ0) is 25.8. The molecule has 8 nitrogen and oxygen atoms in total. The molecule has 3 aromatic carbocycles. The zero-order valence-electron chi connectivity index (χ0n) is 20.0. The molecule has 36 heavy (non-hydrogen) atoms. The predicted octanol–water partition coefficient (Wildman–Crippen LogP) is 3.13. The number of alkyl carbamates (subject to hydrolysis) is 1. The van der Waals surface area contributed by atoms with Crippen molar-refractivity contribution in [2.45, 2.75) is 44.7 Å². The van der Waals surface area contributed by atoms with Crippen LogP contribution in [0.15, 0.2) is 91.0 Å². The van der Waals surface area contributed by atoms with E-state index in [2.05, 4.69) is 10.6 Å². The first kappa shape index (κ1) is 26.4. The minimum Gasteiger partial charge on any atom is -0.459 e. The number of esters is 1. The number of benzene rings is 3. The van der Waals surface area contributed by atoms with E-state index in [1.807, 2.05) is 78.9 Å². The Morgan fingerprint density at radius 1 is 0.722 bits per heavy atom. The number of carbonyl (C=O) groups excluding carboxylic acids is 3. The molecule has 0 unspecified atom stereocenters. The first-order valence-electron chi connectivity index (χ1n) is 11.6. The lowest BCUT2D eigenvalue weighted by Gasteiger charge is -2.24. The molecule has 3 N–H and O–H groups in total. The SMILES string of the molecule is C[C@H](O)[C@H](NC(=O)OCc1ccccc1)C(=O)N[C@@H](Cc1ccccc1)C(=O)OCc1ccccc1. The van der Waals surface area contributed by atoms with Gasteiger partial charge >= 0.3 is 12.1 Å². The summed E-state index contributed by atoms with van der Waals surface area (Å²) in [7, 11) is 0. The second-order valence-corrected chi connectivity index (χ2v) is 8.27. The highest BCUT2D eigenvalue weighted by Crippen LogP contribution is 2.09. The van der Waals surface area contributed by atoms with Crippen molar-refractivity contribution >= 4 is 18.0 Å². The molecule has 0 spiro atoms. The van der Waals surface area contributed by atoms with E-state index in [1.54, 1.807) is 12.1 Å². The van der Waals surface area contributed by atoms with Crippen LogP contribution in [0.25, 0.3) is 0 Å². The fourth-order valence-corrected chi connectivity index (χ4v) is 3.43. The maximum absolute atomic E-state index is 13.0. The number of hydrogen-bond acceptors (Lipinski definition) is 6. The largest absolute Gasteiger partial charge is 0.459 e. The molecule has 0 aromatic heterocycles. The molecule has 0 fully saturated rings. The molecule has 3 rings (SSSR count). The van der Waals surface area contributed by atoms with Gasteiger partial charge < -0.3 is 25.2 Å². The van der Waals surface area contributed by atoms with Crippen molar-refractivity contribution in [1.29, 1.82) is 0 Å². The minimum atomic E-state index is -1.34. The molecule has 0 bridgehead atoms.